The molecule has 0 aromatic heterocycles. The summed E-state index contributed by atoms with van der Waals surface area (Å²) in [6.07, 6.45) is 0. The first-order valence-corrected chi connectivity index (χ1v) is 11.7. The van der Waals surface area contributed by atoms with Crippen molar-refractivity contribution < 1.29 is 22.7 Å². The molecule has 0 aliphatic carbocycles. The third-order valence-corrected chi connectivity index (χ3v) is 7.21. The van der Waals surface area contributed by atoms with Gasteiger partial charge in [-0.05, 0) is 24.6 Å². The summed E-state index contributed by atoms with van der Waals surface area (Å²) in [4.78, 5) is 14.4. The Morgan fingerprint density at radius 1 is 1.03 bits per heavy atom. The summed E-state index contributed by atoms with van der Waals surface area (Å²) in [5, 5.41) is 2.97. The van der Waals surface area contributed by atoms with Crippen LogP contribution in [0, 0.1) is 0 Å². The molecule has 9 heteroatoms. The van der Waals surface area contributed by atoms with E-state index in [1.54, 1.807) is 37.3 Å². The van der Waals surface area contributed by atoms with Crippen molar-refractivity contribution in [1.82, 2.24) is 14.5 Å². The lowest BCUT2D eigenvalue weighted by Crippen LogP contribution is -2.53. The maximum Gasteiger partial charge on any atom is 0.317 e. The van der Waals surface area contributed by atoms with Gasteiger partial charge in [-0.2, -0.15) is 4.31 Å². The smallest absolute Gasteiger partial charge is 0.317 e. The first-order chi connectivity index (χ1) is 14.8. The van der Waals surface area contributed by atoms with Crippen molar-refractivity contribution >= 4 is 16.1 Å². The Labute approximate surface area is 183 Å². The Balaban J connectivity index is 1.56. The van der Waals surface area contributed by atoms with Crippen LogP contribution in [0.1, 0.15) is 24.1 Å². The molecule has 31 heavy (non-hydrogen) atoms. The number of urea groups is 1. The van der Waals surface area contributed by atoms with Crippen LogP contribution < -0.4 is 14.8 Å². The van der Waals surface area contributed by atoms with Gasteiger partial charge in [-0.15, -0.1) is 0 Å². The molecule has 8 nitrogen and oxygen atoms in total. The lowest BCUT2D eigenvalue weighted by molar-refractivity contribution is 0.169. The number of nitrogens with zero attached hydrogens (tertiary/aromatic N) is 2. The number of sulfonamides is 1. The van der Waals surface area contributed by atoms with E-state index in [0.29, 0.717) is 24.6 Å². The molecule has 1 aliphatic rings. The molecule has 1 heterocycles. The zero-order chi connectivity index (χ0) is 22.4. The molecular formula is C22H29N3O5S. The molecular weight excluding hydrogens is 418 g/mol. The molecule has 0 bridgehead atoms. The van der Waals surface area contributed by atoms with E-state index >= 15 is 0 Å². The number of hydrogen-bond donors (Lipinski definition) is 1. The average molecular weight is 448 g/mol. The third kappa shape index (κ3) is 5.68. The van der Waals surface area contributed by atoms with E-state index in [2.05, 4.69) is 5.32 Å². The molecule has 0 saturated carbocycles. The number of piperazine rings is 1. The standard InChI is InChI=1S/C22H29N3O5S/c1-17(20-10-9-19(29-2)15-21(20)30-3)23-22(26)24-11-13-25(14-12-24)31(27,28)16-18-7-5-4-6-8-18/h4-10,15,17H,11-14,16H2,1-3H3,(H,23,26). The number of benzene rings is 2. The average Bonchev–Trinajstić information content (AvgIpc) is 2.79. The molecule has 1 saturated heterocycles. The Bertz CT molecular complexity index is 989. The first kappa shape index (κ1) is 22.9. The second-order valence-electron chi connectivity index (χ2n) is 7.41. The number of carbonyl (C=O) groups excluding carboxylic acids is 1. The van der Waals surface area contributed by atoms with E-state index in [0.717, 1.165) is 11.1 Å². The van der Waals surface area contributed by atoms with Crippen LogP contribution in [0.3, 0.4) is 0 Å². The van der Waals surface area contributed by atoms with Crippen molar-refractivity contribution in [2.45, 2.75) is 18.7 Å². The van der Waals surface area contributed by atoms with Crippen LogP contribution in [0.15, 0.2) is 48.5 Å². The van der Waals surface area contributed by atoms with Crippen molar-refractivity contribution in [3.63, 3.8) is 0 Å². The summed E-state index contributed by atoms with van der Waals surface area (Å²) in [7, 11) is -0.267. The fourth-order valence-corrected chi connectivity index (χ4v) is 5.09. The van der Waals surface area contributed by atoms with E-state index in [-0.39, 0.29) is 30.9 Å². The molecule has 0 radical (unpaired) electrons. The monoisotopic (exact) mass is 447 g/mol. The summed E-state index contributed by atoms with van der Waals surface area (Å²) in [6.45, 7) is 3.12. The van der Waals surface area contributed by atoms with Crippen LogP contribution in [0.2, 0.25) is 0 Å². The third-order valence-electron chi connectivity index (χ3n) is 5.36. The molecule has 168 valence electrons. The second-order valence-corrected chi connectivity index (χ2v) is 9.38. The Kier molecular flexibility index (Phi) is 7.40. The lowest BCUT2D eigenvalue weighted by atomic mass is 10.1. The Morgan fingerprint density at radius 2 is 1.71 bits per heavy atom. The van der Waals surface area contributed by atoms with Crippen molar-refractivity contribution in [3.05, 3.63) is 59.7 Å². The van der Waals surface area contributed by atoms with Crippen molar-refractivity contribution in [3.8, 4) is 11.5 Å². The largest absolute Gasteiger partial charge is 0.497 e. The Morgan fingerprint density at radius 3 is 2.32 bits per heavy atom. The lowest BCUT2D eigenvalue weighted by Gasteiger charge is -2.34. The van der Waals surface area contributed by atoms with Gasteiger partial charge in [0.15, 0.2) is 0 Å². The van der Waals surface area contributed by atoms with Gasteiger partial charge in [-0.1, -0.05) is 30.3 Å². The minimum absolute atomic E-state index is 0.0334. The zero-order valence-corrected chi connectivity index (χ0v) is 18.9. The van der Waals surface area contributed by atoms with Gasteiger partial charge in [0.2, 0.25) is 10.0 Å². The van der Waals surface area contributed by atoms with Gasteiger partial charge >= 0.3 is 6.03 Å². The number of nitrogens with one attached hydrogen (secondary N) is 1. The molecule has 1 N–H and O–H groups in total. The van der Waals surface area contributed by atoms with Crippen LogP contribution in [-0.4, -0.2) is 64.1 Å². The van der Waals surface area contributed by atoms with Gasteiger partial charge in [-0.25, -0.2) is 13.2 Å². The SMILES string of the molecule is COc1ccc(C(C)NC(=O)N2CCN(S(=O)(=O)Cc3ccccc3)CC2)c(OC)c1. The number of carbonyl (C=O) groups is 1. The van der Waals surface area contributed by atoms with Gasteiger partial charge in [0.25, 0.3) is 0 Å². The van der Waals surface area contributed by atoms with Gasteiger partial charge in [0.05, 0.1) is 26.0 Å². The highest BCUT2D eigenvalue weighted by Gasteiger charge is 2.29. The fraction of sp³-hybridized carbons (Fsp3) is 0.409. The van der Waals surface area contributed by atoms with Crippen LogP contribution in [0.4, 0.5) is 4.79 Å². The van der Waals surface area contributed by atoms with E-state index in [9.17, 15) is 13.2 Å². The summed E-state index contributed by atoms with van der Waals surface area (Å²) in [6, 6.07) is 14.0. The van der Waals surface area contributed by atoms with Gasteiger partial charge < -0.3 is 19.7 Å². The minimum Gasteiger partial charge on any atom is -0.497 e. The topological polar surface area (TPSA) is 88.2 Å². The summed E-state index contributed by atoms with van der Waals surface area (Å²) < 4.78 is 37.5. The zero-order valence-electron chi connectivity index (χ0n) is 18.1. The quantitative estimate of drug-likeness (QED) is 0.705. The normalized spacial score (nSPS) is 15.9. The van der Waals surface area contributed by atoms with Gasteiger partial charge in [0.1, 0.15) is 11.5 Å². The number of methoxy groups -OCH3 is 2. The minimum atomic E-state index is -3.42. The maximum atomic E-state index is 12.7. The van der Waals surface area contributed by atoms with Crippen LogP contribution in [0.25, 0.3) is 0 Å². The number of rotatable bonds is 7. The number of amides is 2. The predicted molar refractivity (Wildman–Crippen MR) is 119 cm³/mol. The van der Waals surface area contributed by atoms with Gasteiger partial charge in [0, 0.05) is 37.8 Å². The highest BCUT2D eigenvalue weighted by molar-refractivity contribution is 7.88. The summed E-state index contributed by atoms with van der Waals surface area (Å²) in [5.41, 5.74) is 1.59. The molecule has 1 atom stereocenters. The second kappa shape index (κ2) is 10.0. The van der Waals surface area contributed by atoms with E-state index in [1.165, 1.54) is 4.31 Å². The molecule has 1 fully saturated rings. The fourth-order valence-electron chi connectivity index (χ4n) is 3.58. The number of hydrogen-bond acceptors (Lipinski definition) is 5. The highest BCUT2D eigenvalue weighted by atomic mass is 32.2. The van der Waals surface area contributed by atoms with Crippen LogP contribution in [-0.2, 0) is 15.8 Å². The van der Waals surface area contributed by atoms with Crippen LogP contribution >= 0.6 is 0 Å². The molecule has 1 aliphatic heterocycles. The predicted octanol–water partition coefficient (Wildman–Crippen LogP) is 2.62. The van der Waals surface area contributed by atoms with Crippen LogP contribution in [0.5, 0.6) is 11.5 Å². The molecule has 2 aromatic carbocycles. The molecule has 3 rings (SSSR count). The van der Waals surface area contributed by atoms with Crippen molar-refractivity contribution in [2.24, 2.45) is 0 Å². The maximum absolute atomic E-state index is 12.7. The van der Waals surface area contributed by atoms with Crippen molar-refractivity contribution in [1.29, 1.82) is 0 Å². The molecule has 0 spiro atoms. The highest BCUT2D eigenvalue weighted by Crippen LogP contribution is 2.29. The van der Waals surface area contributed by atoms with E-state index in [1.807, 2.05) is 37.3 Å². The molecule has 2 aromatic rings. The van der Waals surface area contributed by atoms with Crippen molar-refractivity contribution in [2.75, 3.05) is 40.4 Å². The molecule has 1 unspecified atom stereocenters. The van der Waals surface area contributed by atoms with E-state index in [4.69, 9.17) is 9.47 Å². The summed E-state index contributed by atoms with van der Waals surface area (Å²) >= 11 is 0. The van der Waals surface area contributed by atoms with E-state index < -0.39 is 10.0 Å². The molecule has 2 amide bonds. The first-order valence-electron chi connectivity index (χ1n) is 10.1. The summed E-state index contributed by atoms with van der Waals surface area (Å²) in [5.74, 6) is 1.27. The number of ether oxygens (including phenoxy) is 2. The van der Waals surface area contributed by atoms with Gasteiger partial charge in [-0.3, -0.25) is 0 Å². The Hall–Kier alpha value is -2.78.